The maximum absolute atomic E-state index is 10.4. The largest absolute Gasteiger partial charge is 0.370 e. The van der Waals surface area contributed by atoms with E-state index in [1.807, 2.05) is 6.92 Å². The van der Waals surface area contributed by atoms with E-state index in [1.165, 1.54) is 4.88 Å². The number of amides is 1. The Balaban J connectivity index is 2.28. The van der Waals surface area contributed by atoms with Crippen molar-refractivity contribution in [2.45, 2.75) is 26.8 Å². The number of hydrogen-bond donors (Lipinski definition) is 2. The van der Waals surface area contributed by atoms with E-state index in [1.54, 1.807) is 11.3 Å². The third-order valence-corrected chi connectivity index (χ3v) is 2.97. The number of hydrogen-bond acceptors (Lipinski definition) is 4. The molecule has 1 aromatic heterocycles. The molecule has 1 aromatic rings. The summed E-state index contributed by atoms with van der Waals surface area (Å²) in [6, 6.07) is 0. The van der Waals surface area contributed by atoms with Crippen molar-refractivity contribution >= 4 is 17.2 Å². The van der Waals surface area contributed by atoms with Crippen LogP contribution in [0.2, 0.25) is 0 Å². The minimum Gasteiger partial charge on any atom is -0.370 e. The van der Waals surface area contributed by atoms with E-state index < -0.39 is 0 Å². The van der Waals surface area contributed by atoms with Gasteiger partial charge in [0, 0.05) is 24.4 Å². The third kappa shape index (κ3) is 3.43. The molecule has 5 heteroatoms. The molecule has 0 radical (unpaired) electrons. The standard InChI is InChI=1S/C9H15N3OS/c1-6-7(2)14-9(12-6)5-11-4-3-8(10)13/h11H,3-5H2,1-2H3,(H2,10,13). The summed E-state index contributed by atoms with van der Waals surface area (Å²) in [6.07, 6.45) is 0.378. The number of aryl methyl sites for hydroxylation is 2. The summed E-state index contributed by atoms with van der Waals surface area (Å²) in [5.41, 5.74) is 6.09. The molecule has 0 unspecified atom stereocenters. The summed E-state index contributed by atoms with van der Waals surface area (Å²) in [6.45, 7) is 5.39. The molecule has 0 saturated heterocycles. The summed E-state index contributed by atoms with van der Waals surface area (Å²) in [4.78, 5) is 16.1. The lowest BCUT2D eigenvalue weighted by atomic mass is 10.4. The van der Waals surface area contributed by atoms with Gasteiger partial charge in [-0.2, -0.15) is 0 Å². The Kier molecular flexibility index (Phi) is 4.03. The monoisotopic (exact) mass is 213 g/mol. The summed E-state index contributed by atoms with van der Waals surface area (Å²) in [7, 11) is 0. The van der Waals surface area contributed by atoms with E-state index in [0.29, 0.717) is 19.5 Å². The van der Waals surface area contributed by atoms with Crippen molar-refractivity contribution in [3.63, 3.8) is 0 Å². The quantitative estimate of drug-likeness (QED) is 0.708. The van der Waals surface area contributed by atoms with E-state index in [9.17, 15) is 4.79 Å². The van der Waals surface area contributed by atoms with Crippen LogP contribution >= 0.6 is 11.3 Å². The van der Waals surface area contributed by atoms with Crippen LogP contribution < -0.4 is 11.1 Å². The number of carbonyl (C=O) groups is 1. The average molecular weight is 213 g/mol. The second-order valence-electron chi connectivity index (χ2n) is 3.14. The predicted molar refractivity (Wildman–Crippen MR) is 57.1 cm³/mol. The van der Waals surface area contributed by atoms with Gasteiger partial charge >= 0.3 is 0 Å². The van der Waals surface area contributed by atoms with Crippen LogP contribution in [-0.2, 0) is 11.3 Å². The number of rotatable bonds is 5. The molecule has 0 aliphatic carbocycles. The number of nitrogens with one attached hydrogen (secondary N) is 1. The van der Waals surface area contributed by atoms with Crippen molar-refractivity contribution in [2.24, 2.45) is 5.73 Å². The Morgan fingerprint density at radius 1 is 1.57 bits per heavy atom. The van der Waals surface area contributed by atoms with Crippen molar-refractivity contribution < 1.29 is 4.79 Å². The van der Waals surface area contributed by atoms with Gasteiger partial charge in [0.15, 0.2) is 0 Å². The maximum atomic E-state index is 10.4. The summed E-state index contributed by atoms with van der Waals surface area (Å²) in [5, 5.41) is 4.18. The van der Waals surface area contributed by atoms with Gasteiger partial charge in [0.1, 0.15) is 5.01 Å². The molecule has 0 aliphatic heterocycles. The molecule has 0 atom stereocenters. The van der Waals surface area contributed by atoms with Gasteiger partial charge in [-0.3, -0.25) is 4.79 Å². The molecule has 0 fully saturated rings. The Morgan fingerprint density at radius 2 is 2.29 bits per heavy atom. The maximum Gasteiger partial charge on any atom is 0.218 e. The Hall–Kier alpha value is -0.940. The van der Waals surface area contributed by atoms with Crippen LogP contribution in [0.3, 0.4) is 0 Å². The highest BCUT2D eigenvalue weighted by Gasteiger charge is 2.02. The fourth-order valence-corrected chi connectivity index (χ4v) is 1.93. The minimum atomic E-state index is -0.274. The highest BCUT2D eigenvalue weighted by Crippen LogP contribution is 2.15. The highest BCUT2D eigenvalue weighted by molar-refractivity contribution is 7.11. The zero-order valence-electron chi connectivity index (χ0n) is 8.46. The van der Waals surface area contributed by atoms with Crippen molar-refractivity contribution in [1.82, 2.24) is 10.3 Å². The van der Waals surface area contributed by atoms with Crippen LogP contribution in [0, 0.1) is 13.8 Å². The summed E-state index contributed by atoms with van der Waals surface area (Å²) in [5.74, 6) is -0.274. The van der Waals surface area contributed by atoms with E-state index >= 15 is 0 Å². The van der Waals surface area contributed by atoms with E-state index in [2.05, 4.69) is 17.2 Å². The lowest BCUT2D eigenvalue weighted by Crippen LogP contribution is -2.21. The van der Waals surface area contributed by atoms with Gasteiger partial charge < -0.3 is 11.1 Å². The smallest absolute Gasteiger partial charge is 0.218 e. The molecule has 0 bridgehead atoms. The molecule has 0 saturated carbocycles. The number of primary amides is 1. The SMILES string of the molecule is Cc1nc(CNCCC(N)=O)sc1C. The second-order valence-corrected chi connectivity index (χ2v) is 4.43. The van der Waals surface area contributed by atoms with Crippen molar-refractivity contribution in [2.75, 3.05) is 6.54 Å². The molecular formula is C9H15N3OS. The third-order valence-electron chi connectivity index (χ3n) is 1.90. The van der Waals surface area contributed by atoms with Gasteiger partial charge in [0.2, 0.25) is 5.91 Å². The number of aromatic nitrogens is 1. The number of carbonyl (C=O) groups excluding carboxylic acids is 1. The molecule has 0 aliphatic rings. The molecule has 3 N–H and O–H groups in total. The topological polar surface area (TPSA) is 68.0 Å². The van der Waals surface area contributed by atoms with Crippen LogP contribution in [0.15, 0.2) is 0 Å². The lowest BCUT2D eigenvalue weighted by molar-refractivity contribution is -0.117. The molecule has 78 valence electrons. The van der Waals surface area contributed by atoms with Crippen LogP contribution in [-0.4, -0.2) is 17.4 Å². The second kappa shape index (κ2) is 5.07. The van der Waals surface area contributed by atoms with E-state index in [-0.39, 0.29) is 5.91 Å². The molecule has 1 rings (SSSR count). The first kappa shape index (κ1) is 11.1. The van der Waals surface area contributed by atoms with Crippen molar-refractivity contribution in [3.8, 4) is 0 Å². The minimum absolute atomic E-state index is 0.274. The van der Waals surface area contributed by atoms with Crippen LogP contribution in [0.1, 0.15) is 22.0 Å². The van der Waals surface area contributed by atoms with E-state index in [0.717, 1.165) is 10.7 Å². The van der Waals surface area contributed by atoms with Gasteiger partial charge in [-0.1, -0.05) is 0 Å². The van der Waals surface area contributed by atoms with Crippen molar-refractivity contribution in [1.29, 1.82) is 0 Å². The Labute approximate surface area is 87.5 Å². The summed E-state index contributed by atoms with van der Waals surface area (Å²) < 4.78 is 0. The van der Waals surface area contributed by atoms with Gasteiger partial charge in [0.25, 0.3) is 0 Å². The summed E-state index contributed by atoms with van der Waals surface area (Å²) >= 11 is 1.68. The van der Waals surface area contributed by atoms with Gasteiger partial charge in [-0.25, -0.2) is 4.98 Å². The highest BCUT2D eigenvalue weighted by atomic mass is 32.1. The molecular weight excluding hydrogens is 198 g/mol. The molecule has 1 amide bonds. The van der Waals surface area contributed by atoms with Gasteiger partial charge in [0.05, 0.1) is 5.69 Å². The first-order valence-corrected chi connectivity index (χ1v) is 5.33. The Morgan fingerprint density at radius 3 is 2.79 bits per heavy atom. The fraction of sp³-hybridized carbons (Fsp3) is 0.556. The molecule has 0 spiro atoms. The van der Waals surface area contributed by atoms with Crippen molar-refractivity contribution in [3.05, 3.63) is 15.6 Å². The molecule has 14 heavy (non-hydrogen) atoms. The van der Waals surface area contributed by atoms with Gasteiger partial charge in [-0.15, -0.1) is 11.3 Å². The molecule has 4 nitrogen and oxygen atoms in total. The average Bonchev–Trinajstić information content (AvgIpc) is 2.40. The number of nitrogens with zero attached hydrogens (tertiary/aromatic N) is 1. The Bertz CT molecular complexity index is 302. The fourth-order valence-electron chi connectivity index (χ4n) is 1.02. The predicted octanol–water partition coefficient (Wildman–Crippen LogP) is 0.725. The lowest BCUT2D eigenvalue weighted by Gasteiger charge is -1.98. The number of nitrogens with two attached hydrogens (primary N) is 1. The van der Waals surface area contributed by atoms with E-state index in [4.69, 9.17) is 5.73 Å². The normalized spacial score (nSPS) is 10.4. The van der Waals surface area contributed by atoms with Gasteiger partial charge in [-0.05, 0) is 13.8 Å². The molecule has 0 aromatic carbocycles. The van der Waals surface area contributed by atoms with Crippen LogP contribution in [0.5, 0.6) is 0 Å². The molecule has 1 heterocycles. The first-order valence-electron chi connectivity index (χ1n) is 4.51. The zero-order chi connectivity index (χ0) is 10.6. The zero-order valence-corrected chi connectivity index (χ0v) is 9.28. The number of thiazole rings is 1. The first-order chi connectivity index (χ1) is 6.59. The van der Waals surface area contributed by atoms with Crippen LogP contribution in [0.25, 0.3) is 0 Å². The van der Waals surface area contributed by atoms with Crippen LogP contribution in [0.4, 0.5) is 0 Å².